The Labute approximate surface area is 210 Å². The van der Waals surface area contributed by atoms with Gasteiger partial charge in [0.2, 0.25) is 0 Å². The Balaban J connectivity index is 1.51. The van der Waals surface area contributed by atoms with Crippen molar-refractivity contribution in [2.45, 2.75) is 38.3 Å². The van der Waals surface area contributed by atoms with Crippen molar-refractivity contribution >= 4 is 23.9 Å². The summed E-state index contributed by atoms with van der Waals surface area (Å²) < 4.78 is 1.99. The lowest BCUT2D eigenvalue weighted by atomic mass is 9.87. The molecular formula is C28H29N5OS. The zero-order valence-electron chi connectivity index (χ0n) is 20.4. The fourth-order valence-corrected chi connectivity index (χ4v) is 4.22. The van der Waals surface area contributed by atoms with Crippen LogP contribution in [0.3, 0.4) is 0 Å². The van der Waals surface area contributed by atoms with E-state index in [1.807, 2.05) is 66.1 Å². The van der Waals surface area contributed by atoms with Gasteiger partial charge >= 0.3 is 0 Å². The minimum Gasteiger partial charge on any atom is -0.272 e. The van der Waals surface area contributed by atoms with Crippen LogP contribution in [-0.2, 0) is 10.2 Å². The van der Waals surface area contributed by atoms with Crippen LogP contribution in [0.25, 0.3) is 17.1 Å². The number of hydrazone groups is 1. The molecule has 0 aliphatic rings. The minimum atomic E-state index is -0.211. The maximum absolute atomic E-state index is 12.4. The molecule has 1 amide bonds. The lowest BCUT2D eigenvalue weighted by Crippen LogP contribution is -2.20. The summed E-state index contributed by atoms with van der Waals surface area (Å²) in [5, 5.41) is 13.6. The van der Waals surface area contributed by atoms with Crippen molar-refractivity contribution in [1.29, 1.82) is 0 Å². The van der Waals surface area contributed by atoms with E-state index in [-0.39, 0.29) is 17.1 Å². The molecule has 7 heteroatoms. The van der Waals surface area contributed by atoms with Crippen LogP contribution in [0.2, 0.25) is 0 Å². The second-order valence-corrected chi connectivity index (χ2v) is 10.2. The normalized spacial score (nSPS) is 11.7. The van der Waals surface area contributed by atoms with Crippen LogP contribution in [0, 0.1) is 6.92 Å². The predicted octanol–water partition coefficient (Wildman–Crippen LogP) is 5.78. The molecule has 178 valence electrons. The lowest BCUT2D eigenvalue weighted by Gasteiger charge is -2.19. The molecular weight excluding hydrogens is 454 g/mol. The van der Waals surface area contributed by atoms with Gasteiger partial charge in [-0.2, -0.15) is 5.10 Å². The zero-order chi connectivity index (χ0) is 24.8. The molecule has 35 heavy (non-hydrogen) atoms. The molecule has 0 aliphatic heterocycles. The van der Waals surface area contributed by atoms with E-state index in [4.69, 9.17) is 0 Å². The van der Waals surface area contributed by atoms with E-state index in [0.717, 1.165) is 22.6 Å². The number of benzene rings is 3. The number of para-hydroxylation sites is 1. The largest absolute Gasteiger partial charge is 0.272 e. The molecule has 1 aromatic heterocycles. The number of hydrogen-bond acceptors (Lipinski definition) is 5. The van der Waals surface area contributed by atoms with E-state index < -0.39 is 0 Å². The number of amides is 1. The number of carbonyl (C=O) groups is 1. The molecule has 4 aromatic rings. The second-order valence-electron chi connectivity index (χ2n) is 9.30. The predicted molar refractivity (Wildman–Crippen MR) is 143 cm³/mol. The maximum Gasteiger partial charge on any atom is 0.250 e. The third-order valence-electron chi connectivity index (χ3n) is 5.47. The van der Waals surface area contributed by atoms with E-state index in [9.17, 15) is 4.79 Å². The van der Waals surface area contributed by atoms with E-state index in [2.05, 4.69) is 65.8 Å². The van der Waals surface area contributed by atoms with Crippen LogP contribution in [-0.4, -0.2) is 32.6 Å². The SMILES string of the molecule is Cc1ccc(C=NNC(=O)CSc2nnc(-c3ccc(C(C)(C)C)cc3)n2-c2ccccc2)cc1. The molecule has 1 heterocycles. The van der Waals surface area contributed by atoms with E-state index in [1.165, 1.54) is 22.9 Å². The highest BCUT2D eigenvalue weighted by Crippen LogP contribution is 2.30. The van der Waals surface area contributed by atoms with Crippen molar-refractivity contribution < 1.29 is 4.79 Å². The topological polar surface area (TPSA) is 72.2 Å². The molecule has 3 aromatic carbocycles. The monoisotopic (exact) mass is 483 g/mol. The van der Waals surface area contributed by atoms with Crippen LogP contribution in [0.4, 0.5) is 0 Å². The number of hydrogen-bond donors (Lipinski definition) is 1. The summed E-state index contributed by atoms with van der Waals surface area (Å²) in [5.41, 5.74) is 7.92. The molecule has 0 saturated carbocycles. The van der Waals surface area contributed by atoms with Crippen molar-refractivity contribution in [3.63, 3.8) is 0 Å². The molecule has 0 fully saturated rings. The Hall–Kier alpha value is -3.71. The summed E-state index contributed by atoms with van der Waals surface area (Å²) in [4.78, 5) is 12.4. The van der Waals surface area contributed by atoms with Crippen molar-refractivity contribution in [3.05, 3.63) is 95.6 Å². The summed E-state index contributed by atoms with van der Waals surface area (Å²) >= 11 is 1.32. The van der Waals surface area contributed by atoms with Gasteiger partial charge in [-0.1, -0.05) is 105 Å². The number of thioether (sulfide) groups is 1. The first-order valence-electron chi connectivity index (χ1n) is 11.4. The van der Waals surface area contributed by atoms with Gasteiger partial charge in [0, 0.05) is 11.3 Å². The van der Waals surface area contributed by atoms with Crippen LogP contribution < -0.4 is 5.43 Å². The molecule has 6 nitrogen and oxygen atoms in total. The average Bonchev–Trinajstić information content (AvgIpc) is 3.28. The van der Waals surface area contributed by atoms with Gasteiger partial charge in [-0.25, -0.2) is 5.43 Å². The molecule has 0 bridgehead atoms. The molecule has 0 atom stereocenters. The summed E-state index contributed by atoms with van der Waals surface area (Å²) in [7, 11) is 0. The summed E-state index contributed by atoms with van der Waals surface area (Å²) in [6, 6.07) is 26.3. The Kier molecular flexibility index (Phi) is 7.46. The number of rotatable bonds is 7. The fraction of sp³-hybridized carbons (Fsp3) is 0.214. The number of aromatic nitrogens is 3. The van der Waals surface area contributed by atoms with Gasteiger partial charge in [0.25, 0.3) is 5.91 Å². The van der Waals surface area contributed by atoms with Gasteiger partial charge in [0.15, 0.2) is 11.0 Å². The quantitative estimate of drug-likeness (QED) is 0.205. The number of aryl methyl sites for hydroxylation is 1. The molecule has 0 aliphatic carbocycles. The highest BCUT2D eigenvalue weighted by atomic mass is 32.2. The Morgan fingerprint density at radius 2 is 1.66 bits per heavy atom. The van der Waals surface area contributed by atoms with Crippen molar-refractivity contribution in [3.8, 4) is 17.1 Å². The van der Waals surface area contributed by atoms with E-state index in [1.54, 1.807) is 6.21 Å². The number of nitrogens with one attached hydrogen (secondary N) is 1. The lowest BCUT2D eigenvalue weighted by molar-refractivity contribution is -0.118. The van der Waals surface area contributed by atoms with E-state index in [0.29, 0.717) is 5.16 Å². The van der Waals surface area contributed by atoms with Crippen LogP contribution >= 0.6 is 11.8 Å². The number of carbonyl (C=O) groups excluding carboxylic acids is 1. The minimum absolute atomic E-state index is 0.0714. The maximum atomic E-state index is 12.4. The van der Waals surface area contributed by atoms with Crippen molar-refractivity contribution in [1.82, 2.24) is 20.2 Å². The molecule has 4 rings (SSSR count). The third-order valence-corrected chi connectivity index (χ3v) is 6.40. The van der Waals surface area contributed by atoms with Crippen LogP contribution in [0.15, 0.2) is 89.1 Å². The standard InChI is InChI=1S/C28H29N5OS/c1-20-10-12-21(13-11-20)18-29-30-25(34)19-35-27-32-31-26(33(27)24-8-6-5-7-9-24)22-14-16-23(17-15-22)28(2,3)4/h5-18H,19H2,1-4H3,(H,30,34). The fourth-order valence-electron chi connectivity index (χ4n) is 3.47. The second kappa shape index (κ2) is 10.7. The van der Waals surface area contributed by atoms with Crippen LogP contribution in [0.1, 0.15) is 37.5 Å². The van der Waals surface area contributed by atoms with Crippen molar-refractivity contribution in [2.24, 2.45) is 5.10 Å². The Bertz CT molecular complexity index is 1300. The molecule has 1 N–H and O–H groups in total. The smallest absolute Gasteiger partial charge is 0.250 e. The van der Waals surface area contributed by atoms with E-state index >= 15 is 0 Å². The summed E-state index contributed by atoms with van der Waals surface area (Å²) in [6.45, 7) is 8.61. The van der Waals surface area contributed by atoms with Crippen LogP contribution in [0.5, 0.6) is 0 Å². The average molecular weight is 484 g/mol. The van der Waals surface area contributed by atoms with Crippen molar-refractivity contribution in [2.75, 3.05) is 5.75 Å². The first-order valence-corrected chi connectivity index (χ1v) is 12.4. The van der Waals surface area contributed by atoms with Gasteiger partial charge in [-0.05, 0) is 35.6 Å². The third kappa shape index (κ3) is 6.25. The first kappa shape index (κ1) is 24.4. The Morgan fingerprint density at radius 3 is 2.31 bits per heavy atom. The first-order chi connectivity index (χ1) is 16.8. The molecule has 0 unspecified atom stereocenters. The Morgan fingerprint density at radius 1 is 0.971 bits per heavy atom. The molecule has 0 spiro atoms. The highest BCUT2D eigenvalue weighted by molar-refractivity contribution is 7.99. The summed E-state index contributed by atoms with van der Waals surface area (Å²) in [6.07, 6.45) is 1.63. The zero-order valence-corrected chi connectivity index (χ0v) is 21.2. The highest BCUT2D eigenvalue weighted by Gasteiger charge is 2.19. The number of nitrogens with zero attached hydrogens (tertiary/aromatic N) is 4. The molecule has 0 saturated heterocycles. The molecule has 0 radical (unpaired) electrons. The van der Waals surface area contributed by atoms with Gasteiger partial charge in [0.1, 0.15) is 0 Å². The van der Waals surface area contributed by atoms with Gasteiger partial charge in [-0.3, -0.25) is 9.36 Å². The summed E-state index contributed by atoms with van der Waals surface area (Å²) in [5.74, 6) is 0.688. The van der Waals surface area contributed by atoms with Gasteiger partial charge in [0.05, 0.1) is 12.0 Å². The van der Waals surface area contributed by atoms with Gasteiger partial charge in [-0.15, -0.1) is 10.2 Å². The van der Waals surface area contributed by atoms with Gasteiger partial charge < -0.3 is 0 Å².